The summed E-state index contributed by atoms with van der Waals surface area (Å²) in [6.07, 6.45) is 0. The normalized spacial score (nSPS) is 10.5. The minimum Gasteiger partial charge on any atom is -0.457 e. The lowest BCUT2D eigenvalue weighted by Crippen LogP contribution is -2.11. The predicted octanol–water partition coefficient (Wildman–Crippen LogP) is 10.2. The molecular formula is C46H30O8. The average molecular weight is 711 g/mol. The summed E-state index contributed by atoms with van der Waals surface area (Å²) in [5, 5.41) is 0. The molecule has 0 spiro atoms. The first-order chi connectivity index (χ1) is 26.4. The fourth-order valence-corrected chi connectivity index (χ4v) is 5.36. The summed E-state index contributed by atoms with van der Waals surface area (Å²) in [6, 6.07) is 50.8. The van der Waals surface area contributed by atoms with Gasteiger partial charge in [-0.2, -0.15) is 0 Å². The summed E-state index contributed by atoms with van der Waals surface area (Å²) in [4.78, 5) is 50.9. The SMILES string of the molecule is O=C(Oc1ccc(Oc2ccc(C(=O)c3ccccc3)cc2)cc1)c1ccc(C(=O)Oc2ccc(Oc3ccc(C(=O)c4ccccc4)cc3)cc2)cc1. The number of carbonyl (C=O) groups excluding carboxylic acids is 4. The molecule has 8 nitrogen and oxygen atoms in total. The van der Waals surface area contributed by atoms with Gasteiger partial charge in [0.2, 0.25) is 0 Å². The van der Waals surface area contributed by atoms with Crippen molar-refractivity contribution in [2.24, 2.45) is 0 Å². The van der Waals surface area contributed by atoms with Crippen LogP contribution >= 0.6 is 0 Å². The van der Waals surface area contributed by atoms with Crippen molar-refractivity contribution in [3.8, 4) is 34.5 Å². The van der Waals surface area contributed by atoms with Gasteiger partial charge in [-0.15, -0.1) is 0 Å². The van der Waals surface area contributed by atoms with Gasteiger partial charge < -0.3 is 18.9 Å². The molecule has 262 valence electrons. The predicted molar refractivity (Wildman–Crippen MR) is 202 cm³/mol. The van der Waals surface area contributed by atoms with Gasteiger partial charge in [0.05, 0.1) is 11.1 Å². The molecule has 0 radical (unpaired) electrons. The van der Waals surface area contributed by atoms with Crippen molar-refractivity contribution < 1.29 is 38.1 Å². The third kappa shape index (κ3) is 8.65. The number of carbonyl (C=O) groups is 4. The second kappa shape index (κ2) is 16.2. The van der Waals surface area contributed by atoms with Crippen molar-refractivity contribution in [2.45, 2.75) is 0 Å². The maximum atomic E-state index is 12.8. The van der Waals surface area contributed by atoms with E-state index in [1.54, 1.807) is 121 Å². The Labute approximate surface area is 310 Å². The summed E-state index contributed by atoms with van der Waals surface area (Å²) in [5.74, 6) is 1.40. The van der Waals surface area contributed by atoms with Crippen molar-refractivity contribution in [1.82, 2.24) is 0 Å². The molecular weight excluding hydrogens is 680 g/mol. The summed E-state index contributed by atoms with van der Waals surface area (Å²) in [6.45, 7) is 0. The van der Waals surface area contributed by atoms with E-state index in [0.29, 0.717) is 56.8 Å². The van der Waals surface area contributed by atoms with Gasteiger partial charge in [0.15, 0.2) is 11.6 Å². The van der Waals surface area contributed by atoms with E-state index >= 15 is 0 Å². The maximum absolute atomic E-state index is 12.8. The molecule has 0 bridgehead atoms. The molecule has 7 aromatic rings. The van der Waals surface area contributed by atoms with Gasteiger partial charge in [-0.25, -0.2) is 9.59 Å². The highest BCUT2D eigenvalue weighted by molar-refractivity contribution is 6.09. The molecule has 8 heteroatoms. The molecule has 0 saturated carbocycles. The van der Waals surface area contributed by atoms with Gasteiger partial charge >= 0.3 is 11.9 Å². The van der Waals surface area contributed by atoms with E-state index in [0.717, 1.165) is 0 Å². The van der Waals surface area contributed by atoms with Gasteiger partial charge in [0.1, 0.15) is 34.5 Å². The van der Waals surface area contributed by atoms with E-state index in [4.69, 9.17) is 18.9 Å². The Morgan fingerprint density at radius 2 is 0.500 bits per heavy atom. The molecule has 0 N–H and O–H groups in total. The van der Waals surface area contributed by atoms with Crippen LogP contribution in [0.2, 0.25) is 0 Å². The van der Waals surface area contributed by atoms with Gasteiger partial charge in [-0.3, -0.25) is 9.59 Å². The van der Waals surface area contributed by atoms with E-state index in [1.807, 2.05) is 36.4 Å². The van der Waals surface area contributed by atoms with E-state index < -0.39 is 11.9 Å². The van der Waals surface area contributed by atoms with E-state index in [9.17, 15) is 19.2 Å². The first-order valence-corrected chi connectivity index (χ1v) is 16.9. The smallest absolute Gasteiger partial charge is 0.343 e. The molecule has 0 amide bonds. The van der Waals surface area contributed by atoms with Gasteiger partial charge in [0, 0.05) is 22.3 Å². The van der Waals surface area contributed by atoms with Crippen LogP contribution in [-0.2, 0) is 0 Å². The zero-order valence-corrected chi connectivity index (χ0v) is 28.6. The van der Waals surface area contributed by atoms with Crippen molar-refractivity contribution >= 4 is 23.5 Å². The molecule has 0 aliphatic heterocycles. The summed E-state index contributed by atoms with van der Waals surface area (Å²) >= 11 is 0. The highest BCUT2D eigenvalue weighted by Crippen LogP contribution is 2.27. The summed E-state index contributed by atoms with van der Waals surface area (Å²) < 4.78 is 22.8. The van der Waals surface area contributed by atoms with Crippen LogP contribution in [0, 0.1) is 0 Å². The molecule has 0 aliphatic carbocycles. The second-order valence-electron chi connectivity index (χ2n) is 11.9. The first-order valence-electron chi connectivity index (χ1n) is 16.9. The largest absolute Gasteiger partial charge is 0.457 e. The van der Waals surface area contributed by atoms with Gasteiger partial charge in [-0.05, 0) is 121 Å². The molecule has 0 heterocycles. The Bertz CT molecular complexity index is 2210. The maximum Gasteiger partial charge on any atom is 0.343 e. The highest BCUT2D eigenvalue weighted by Gasteiger charge is 2.14. The third-order valence-corrected chi connectivity index (χ3v) is 8.20. The quantitative estimate of drug-likeness (QED) is 0.0701. The number of ether oxygens (including phenoxy) is 4. The van der Waals surface area contributed by atoms with Crippen LogP contribution in [0.1, 0.15) is 52.6 Å². The van der Waals surface area contributed by atoms with Crippen LogP contribution < -0.4 is 18.9 Å². The number of hydrogen-bond donors (Lipinski definition) is 0. The van der Waals surface area contributed by atoms with E-state index in [2.05, 4.69) is 0 Å². The Kier molecular flexibility index (Phi) is 10.4. The number of benzene rings is 7. The van der Waals surface area contributed by atoms with Crippen LogP contribution in [0.3, 0.4) is 0 Å². The van der Waals surface area contributed by atoms with E-state index in [-0.39, 0.29) is 22.7 Å². The zero-order chi connectivity index (χ0) is 37.3. The van der Waals surface area contributed by atoms with Crippen molar-refractivity contribution in [3.63, 3.8) is 0 Å². The number of hydrogen-bond acceptors (Lipinski definition) is 8. The third-order valence-electron chi connectivity index (χ3n) is 8.20. The fraction of sp³-hybridized carbons (Fsp3) is 0. The molecule has 7 aromatic carbocycles. The molecule has 0 atom stereocenters. The Balaban J connectivity index is 0.879. The first kappa shape index (κ1) is 34.9. The molecule has 54 heavy (non-hydrogen) atoms. The van der Waals surface area contributed by atoms with Crippen molar-refractivity contribution in [2.75, 3.05) is 0 Å². The van der Waals surface area contributed by atoms with Crippen molar-refractivity contribution in [3.05, 3.63) is 215 Å². The molecule has 0 unspecified atom stereocenters. The molecule has 0 fully saturated rings. The van der Waals surface area contributed by atoms with E-state index in [1.165, 1.54) is 24.3 Å². The lowest BCUT2D eigenvalue weighted by molar-refractivity contribution is 0.0720. The molecule has 0 aromatic heterocycles. The standard InChI is InChI=1S/C46H30O8/c47-43(31-7-3-1-4-8-31)33-15-19-37(20-16-33)51-39-23-27-41(28-24-39)53-45(49)35-11-13-36(14-12-35)46(50)54-42-29-25-40(26-30-42)52-38-21-17-34(18-22-38)44(48)32-9-5-2-6-10-32/h1-30H. The number of rotatable bonds is 12. The Morgan fingerprint density at radius 1 is 0.259 bits per heavy atom. The van der Waals surface area contributed by atoms with Crippen molar-refractivity contribution in [1.29, 1.82) is 0 Å². The van der Waals surface area contributed by atoms with Crippen LogP contribution in [0.5, 0.6) is 34.5 Å². The van der Waals surface area contributed by atoms with Gasteiger partial charge in [0.25, 0.3) is 0 Å². The zero-order valence-electron chi connectivity index (χ0n) is 28.6. The van der Waals surface area contributed by atoms with Crippen LogP contribution in [0.4, 0.5) is 0 Å². The summed E-state index contributed by atoms with van der Waals surface area (Å²) in [7, 11) is 0. The lowest BCUT2D eigenvalue weighted by atomic mass is 10.0. The topological polar surface area (TPSA) is 105 Å². The molecule has 0 aliphatic rings. The minimum absolute atomic E-state index is 0.0730. The van der Waals surface area contributed by atoms with Gasteiger partial charge in [-0.1, -0.05) is 60.7 Å². The number of ketones is 2. The summed E-state index contributed by atoms with van der Waals surface area (Å²) in [5.41, 5.74) is 2.82. The fourth-order valence-electron chi connectivity index (χ4n) is 5.36. The Morgan fingerprint density at radius 3 is 0.815 bits per heavy atom. The number of esters is 2. The molecule has 7 rings (SSSR count). The van der Waals surface area contributed by atoms with Crippen LogP contribution in [-0.4, -0.2) is 23.5 Å². The lowest BCUT2D eigenvalue weighted by Gasteiger charge is -2.09. The van der Waals surface area contributed by atoms with Crippen LogP contribution in [0.15, 0.2) is 182 Å². The van der Waals surface area contributed by atoms with Crippen LogP contribution in [0.25, 0.3) is 0 Å². The molecule has 0 saturated heterocycles. The second-order valence-corrected chi connectivity index (χ2v) is 11.9. The Hall–Kier alpha value is -7.58. The minimum atomic E-state index is -0.602. The monoisotopic (exact) mass is 710 g/mol. The highest BCUT2D eigenvalue weighted by atomic mass is 16.5. The average Bonchev–Trinajstić information content (AvgIpc) is 3.23.